The number of hydrogen-bond acceptors (Lipinski definition) is 2. The van der Waals surface area contributed by atoms with Gasteiger partial charge in [-0.15, -0.1) is 0 Å². The van der Waals surface area contributed by atoms with Gasteiger partial charge in [-0.05, 0) is 12.1 Å². The second-order valence-corrected chi connectivity index (χ2v) is 3.17. The monoisotopic (exact) mass is 208 g/mol. The second-order valence-electron chi connectivity index (χ2n) is 2.73. The molecule has 0 atom stereocenters. The molecule has 1 heterocycles. The molecule has 0 bridgehead atoms. The lowest BCUT2D eigenvalue weighted by Crippen LogP contribution is -1.88. The van der Waals surface area contributed by atoms with Gasteiger partial charge in [-0.25, -0.2) is 9.97 Å². The Bertz CT molecular complexity index is 442. The van der Waals surface area contributed by atoms with Crippen LogP contribution in [0.25, 0.3) is 11.3 Å². The minimum atomic E-state index is -0.537. The molecule has 0 fully saturated rings. The lowest BCUT2D eigenvalue weighted by molar-refractivity contribution is 0.580. The summed E-state index contributed by atoms with van der Waals surface area (Å²) in [5.74, 6) is -0.537. The number of hydrogen-bond donors (Lipinski definition) is 0. The Morgan fingerprint density at radius 1 is 1.07 bits per heavy atom. The molecule has 0 radical (unpaired) electrons. The van der Waals surface area contributed by atoms with Gasteiger partial charge in [-0.3, -0.25) is 0 Å². The molecule has 0 saturated heterocycles. The fourth-order valence-electron chi connectivity index (χ4n) is 1.11. The van der Waals surface area contributed by atoms with E-state index in [2.05, 4.69) is 9.97 Å². The number of nitrogens with zero attached hydrogens (tertiary/aromatic N) is 2. The van der Waals surface area contributed by atoms with Crippen molar-refractivity contribution >= 4 is 11.6 Å². The summed E-state index contributed by atoms with van der Waals surface area (Å²) in [4.78, 5) is 7.32. The van der Waals surface area contributed by atoms with E-state index in [1.54, 1.807) is 24.3 Å². The van der Waals surface area contributed by atoms with Gasteiger partial charge in [0, 0.05) is 16.7 Å². The SMILES string of the molecule is Fc1cc(-c2ccc(Cl)cc2)ncn1. The van der Waals surface area contributed by atoms with Crippen molar-refractivity contribution in [2.24, 2.45) is 0 Å². The lowest BCUT2D eigenvalue weighted by atomic mass is 10.1. The Labute approximate surface area is 85.4 Å². The van der Waals surface area contributed by atoms with Crippen molar-refractivity contribution < 1.29 is 4.39 Å². The molecule has 14 heavy (non-hydrogen) atoms. The van der Waals surface area contributed by atoms with Crippen LogP contribution in [-0.2, 0) is 0 Å². The maximum absolute atomic E-state index is 12.8. The summed E-state index contributed by atoms with van der Waals surface area (Å²) in [6.07, 6.45) is 1.19. The van der Waals surface area contributed by atoms with Gasteiger partial charge in [0.15, 0.2) is 0 Å². The average Bonchev–Trinajstić information content (AvgIpc) is 2.19. The standard InChI is InChI=1S/C10H6ClFN2/c11-8-3-1-7(2-4-8)9-5-10(12)14-6-13-9/h1-6H. The Morgan fingerprint density at radius 2 is 1.79 bits per heavy atom. The van der Waals surface area contributed by atoms with Crippen LogP contribution in [0.3, 0.4) is 0 Å². The molecule has 1 aromatic carbocycles. The van der Waals surface area contributed by atoms with Crippen molar-refractivity contribution in [2.45, 2.75) is 0 Å². The molecule has 0 unspecified atom stereocenters. The normalized spacial score (nSPS) is 10.1. The Hall–Kier alpha value is -1.48. The van der Waals surface area contributed by atoms with E-state index in [-0.39, 0.29) is 0 Å². The predicted octanol–water partition coefficient (Wildman–Crippen LogP) is 2.94. The zero-order chi connectivity index (χ0) is 9.97. The van der Waals surface area contributed by atoms with Crippen LogP contribution < -0.4 is 0 Å². The maximum atomic E-state index is 12.8. The largest absolute Gasteiger partial charge is 0.236 e. The van der Waals surface area contributed by atoms with E-state index in [9.17, 15) is 4.39 Å². The van der Waals surface area contributed by atoms with Crippen LogP contribution in [0.15, 0.2) is 36.7 Å². The summed E-state index contributed by atoms with van der Waals surface area (Å²) >= 11 is 5.72. The fraction of sp³-hybridized carbons (Fsp3) is 0. The average molecular weight is 209 g/mol. The summed E-state index contributed by atoms with van der Waals surface area (Å²) in [5.41, 5.74) is 1.37. The Balaban J connectivity index is 2.44. The summed E-state index contributed by atoms with van der Waals surface area (Å²) in [5, 5.41) is 0.642. The Morgan fingerprint density at radius 3 is 2.43 bits per heavy atom. The van der Waals surface area contributed by atoms with Crippen molar-refractivity contribution in [3.8, 4) is 11.3 Å². The second kappa shape index (κ2) is 3.72. The third-order valence-electron chi connectivity index (χ3n) is 1.77. The van der Waals surface area contributed by atoms with E-state index < -0.39 is 5.95 Å². The number of benzene rings is 1. The fourth-order valence-corrected chi connectivity index (χ4v) is 1.24. The highest BCUT2D eigenvalue weighted by Crippen LogP contribution is 2.19. The van der Waals surface area contributed by atoms with Gasteiger partial charge in [0.1, 0.15) is 6.33 Å². The van der Waals surface area contributed by atoms with Gasteiger partial charge in [0.25, 0.3) is 0 Å². The molecule has 1 aromatic heterocycles. The van der Waals surface area contributed by atoms with Gasteiger partial charge in [0.2, 0.25) is 5.95 Å². The van der Waals surface area contributed by atoms with Crippen molar-refractivity contribution in [2.75, 3.05) is 0 Å². The lowest BCUT2D eigenvalue weighted by Gasteiger charge is -1.99. The van der Waals surface area contributed by atoms with Crippen molar-refractivity contribution in [3.63, 3.8) is 0 Å². The quantitative estimate of drug-likeness (QED) is 0.674. The maximum Gasteiger partial charge on any atom is 0.216 e. The van der Waals surface area contributed by atoms with Crippen LogP contribution in [-0.4, -0.2) is 9.97 Å². The van der Waals surface area contributed by atoms with Crippen LogP contribution >= 0.6 is 11.6 Å². The van der Waals surface area contributed by atoms with Gasteiger partial charge >= 0.3 is 0 Å². The van der Waals surface area contributed by atoms with Crippen molar-refractivity contribution in [1.29, 1.82) is 0 Å². The third-order valence-corrected chi connectivity index (χ3v) is 2.03. The molecular formula is C10H6ClFN2. The first-order valence-electron chi connectivity index (χ1n) is 3.99. The van der Waals surface area contributed by atoms with Crippen molar-refractivity contribution in [3.05, 3.63) is 47.6 Å². The van der Waals surface area contributed by atoms with Crippen LogP contribution in [0.4, 0.5) is 4.39 Å². The predicted molar refractivity (Wildman–Crippen MR) is 52.4 cm³/mol. The molecule has 0 saturated carbocycles. The van der Waals surface area contributed by atoms with Crippen LogP contribution in [0.2, 0.25) is 5.02 Å². The third kappa shape index (κ3) is 1.88. The number of halogens is 2. The van der Waals surface area contributed by atoms with E-state index in [1.807, 2.05) is 0 Å². The van der Waals surface area contributed by atoms with Gasteiger partial charge < -0.3 is 0 Å². The topological polar surface area (TPSA) is 25.8 Å². The summed E-state index contributed by atoms with van der Waals surface area (Å²) < 4.78 is 12.8. The van der Waals surface area contributed by atoms with E-state index >= 15 is 0 Å². The Kier molecular flexibility index (Phi) is 2.41. The molecule has 2 nitrogen and oxygen atoms in total. The van der Waals surface area contributed by atoms with Gasteiger partial charge in [0.05, 0.1) is 5.69 Å². The van der Waals surface area contributed by atoms with Crippen LogP contribution in [0.5, 0.6) is 0 Å². The van der Waals surface area contributed by atoms with E-state index in [1.165, 1.54) is 12.4 Å². The molecule has 0 spiro atoms. The summed E-state index contributed by atoms with van der Waals surface area (Å²) in [6.45, 7) is 0. The van der Waals surface area contributed by atoms with Crippen LogP contribution in [0, 0.1) is 5.95 Å². The highest BCUT2D eigenvalue weighted by Gasteiger charge is 2.00. The van der Waals surface area contributed by atoms with E-state index in [4.69, 9.17) is 11.6 Å². The van der Waals surface area contributed by atoms with Crippen LogP contribution in [0.1, 0.15) is 0 Å². The molecule has 4 heteroatoms. The van der Waals surface area contributed by atoms with Gasteiger partial charge in [-0.1, -0.05) is 23.7 Å². The highest BCUT2D eigenvalue weighted by molar-refractivity contribution is 6.30. The number of rotatable bonds is 1. The van der Waals surface area contributed by atoms with E-state index in [0.717, 1.165) is 5.56 Å². The molecular weight excluding hydrogens is 203 g/mol. The minimum Gasteiger partial charge on any atom is -0.236 e. The number of aromatic nitrogens is 2. The zero-order valence-corrected chi connectivity index (χ0v) is 7.87. The molecule has 0 aliphatic carbocycles. The highest BCUT2D eigenvalue weighted by atomic mass is 35.5. The first-order chi connectivity index (χ1) is 6.75. The van der Waals surface area contributed by atoms with E-state index in [0.29, 0.717) is 10.7 Å². The summed E-state index contributed by atoms with van der Waals surface area (Å²) in [6, 6.07) is 8.31. The van der Waals surface area contributed by atoms with Crippen molar-refractivity contribution in [1.82, 2.24) is 9.97 Å². The first kappa shape index (κ1) is 9.09. The zero-order valence-electron chi connectivity index (χ0n) is 7.11. The first-order valence-corrected chi connectivity index (χ1v) is 4.37. The molecule has 0 N–H and O–H groups in total. The molecule has 0 aliphatic heterocycles. The minimum absolute atomic E-state index is 0.537. The van der Waals surface area contributed by atoms with Gasteiger partial charge in [-0.2, -0.15) is 4.39 Å². The smallest absolute Gasteiger partial charge is 0.216 e. The molecule has 0 amide bonds. The molecule has 2 rings (SSSR count). The summed E-state index contributed by atoms with van der Waals surface area (Å²) in [7, 11) is 0. The molecule has 0 aliphatic rings. The molecule has 2 aromatic rings. The molecule has 70 valence electrons.